The predicted molar refractivity (Wildman–Crippen MR) is 71.3 cm³/mol. The van der Waals surface area contributed by atoms with Gasteiger partial charge in [-0.2, -0.15) is 0 Å². The molecule has 0 atom stereocenters. The molecule has 1 aromatic carbocycles. The molecule has 0 bridgehead atoms. The number of nitrogens with one attached hydrogen (secondary N) is 1. The average Bonchev–Trinajstić information content (AvgIpc) is 2.81. The molecule has 2 aromatic rings. The number of benzene rings is 1. The first kappa shape index (κ1) is 12.2. The Labute approximate surface area is 110 Å². The fourth-order valence-corrected chi connectivity index (χ4v) is 2.45. The Kier molecular flexibility index (Phi) is 3.23. The number of fused-ring (bicyclic) bond motifs is 1. The van der Waals surface area contributed by atoms with E-state index in [0.29, 0.717) is 5.58 Å². The molecule has 0 radical (unpaired) electrons. The highest BCUT2D eigenvalue weighted by atomic mass is 16.4. The van der Waals surface area contributed by atoms with Gasteiger partial charge in [0.25, 0.3) is 0 Å². The lowest BCUT2D eigenvalue weighted by atomic mass is 10.1. The van der Waals surface area contributed by atoms with Crippen LogP contribution >= 0.6 is 0 Å². The molecule has 1 aliphatic heterocycles. The van der Waals surface area contributed by atoms with Crippen molar-refractivity contribution in [1.29, 1.82) is 0 Å². The van der Waals surface area contributed by atoms with Gasteiger partial charge < -0.3 is 14.8 Å². The van der Waals surface area contributed by atoms with Crippen molar-refractivity contribution in [3.05, 3.63) is 35.6 Å². The van der Waals surface area contributed by atoms with Gasteiger partial charge in [0.15, 0.2) is 0 Å². The topological polar surface area (TPSA) is 65.7 Å². The molecule has 1 saturated heterocycles. The van der Waals surface area contributed by atoms with E-state index in [0.717, 1.165) is 43.9 Å². The first-order valence-electron chi connectivity index (χ1n) is 6.42. The van der Waals surface area contributed by atoms with Crippen molar-refractivity contribution in [2.75, 3.05) is 26.2 Å². The van der Waals surface area contributed by atoms with Gasteiger partial charge in [-0.1, -0.05) is 12.1 Å². The van der Waals surface area contributed by atoms with E-state index < -0.39 is 5.97 Å². The maximum Gasteiger partial charge on any atom is 0.339 e. The molecule has 0 saturated carbocycles. The monoisotopic (exact) mass is 260 g/mol. The highest BCUT2D eigenvalue weighted by Gasteiger charge is 2.16. The maximum absolute atomic E-state index is 11.1. The van der Waals surface area contributed by atoms with Gasteiger partial charge in [-0.3, -0.25) is 4.90 Å². The Morgan fingerprint density at radius 1 is 1.37 bits per heavy atom. The van der Waals surface area contributed by atoms with Gasteiger partial charge in [0.1, 0.15) is 16.9 Å². The zero-order valence-electron chi connectivity index (χ0n) is 10.6. The first-order chi connectivity index (χ1) is 9.24. The van der Waals surface area contributed by atoms with Crippen LogP contribution in [-0.4, -0.2) is 42.2 Å². The van der Waals surface area contributed by atoms with E-state index in [9.17, 15) is 4.79 Å². The summed E-state index contributed by atoms with van der Waals surface area (Å²) in [5.41, 5.74) is 0.698. The summed E-state index contributed by atoms with van der Waals surface area (Å²) in [5.74, 6) is -0.126. The first-order valence-corrected chi connectivity index (χ1v) is 6.42. The van der Waals surface area contributed by atoms with E-state index in [4.69, 9.17) is 9.52 Å². The summed E-state index contributed by atoms with van der Waals surface area (Å²) in [7, 11) is 0. The highest BCUT2D eigenvalue weighted by molar-refractivity contribution is 6.01. The number of nitrogens with zero attached hydrogens (tertiary/aromatic N) is 1. The second kappa shape index (κ2) is 5.03. The average molecular weight is 260 g/mol. The summed E-state index contributed by atoms with van der Waals surface area (Å²) >= 11 is 0. The van der Waals surface area contributed by atoms with Crippen molar-refractivity contribution < 1.29 is 14.3 Å². The zero-order valence-corrected chi connectivity index (χ0v) is 10.6. The van der Waals surface area contributed by atoms with Gasteiger partial charge in [0.2, 0.25) is 0 Å². The molecule has 0 unspecified atom stereocenters. The number of rotatable bonds is 3. The van der Waals surface area contributed by atoms with E-state index >= 15 is 0 Å². The molecule has 100 valence electrons. The normalized spacial score (nSPS) is 16.8. The maximum atomic E-state index is 11.1. The molecule has 2 heterocycles. The number of furan rings is 1. The van der Waals surface area contributed by atoms with Gasteiger partial charge >= 0.3 is 5.97 Å². The largest absolute Gasteiger partial charge is 0.478 e. The molecule has 0 spiro atoms. The van der Waals surface area contributed by atoms with Gasteiger partial charge in [-0.25, -0.2) is 4.79 Å². The van der Waals surface area contributed by atoms with Crippen molar-refractivity contribution in [3.8, 4) is 0 Å². The SMILES string of the molecule is O=C(O)c1cccc2cc(CN3CCNCC3)oc12. The summed E-state index contributed by atoms with van der Waals surface area (Å²) in [6, 6.07) is 7.13. The molecule has 5 heteroatoms. The summed E-state index contributed by atoms with van der Waals surface area (Å²) < 4.78 is 5.72. The fourth-order valence-electron chi connectivity index (χ4n) is 2.45. The van der Waals surface area contributed by atoms with E-state index in [1.165, 1.54) is 0 Å². The van der Waals surface area contributed by atoms with E-state index in [1.807, 2.05) is 12.1 Å². The van der Waals surface area contributed by atoms with Crippen molar-refractivity contribution in [2.24, 2.45) is 0 Å². The van der Waals surface area contributed by atoms with Crippen molar-refractivity contribution >= 4 is 16.9 Å². The molecular formula is C14H16N2O3. The molecule has 3 rings (SSSR count). The number of hydrogen-bond donors (Lipinski definition) is 2. The lowest BCUT2D eigenvalue weighted by Crippen LogP contribution is -2.42. The Bertz CT molecular complexity index is 600. The van der Waals surface area contributed by atoms with Crippen LogP contribution in [0.4, 0.5) is 0 Å². The van der Waals surface area contributed by atoms with Crippen LogP contribution in [0.2, 0.25) is 0 Å². The molecule has 19 heavy (non-hydrogen) atoms. The van der Waals surface area contributed by atoms with Gasteiger partial charge in [0.05, 0.1) is 6.54 Å². The van der Waals surface area contributed by atoms with Crippen molar-refractivity contribution in [3.63, 3.8) is 0 Å². The quantitative estimate of drug-likeness (QED) is 0.876. The fraction of sp³-hybridized carbons (Fsp3) is 0.357. The number of piperazine rings is 1. The number of carbonyl (C=O) groups is 1. The van der Waals surface area contributed by atoms with Gasteiger partial charge in [0, 0.05) is 31.6 Å². The van der Waals surface area contributed by atoms with Crippen LogP contribution in [0.3, 0.4) is 0 Å². The number of carboxylic acid groups (broad SMARTS) is 1. The van der Waals surface area contributed by atoms with E-state index in [-0.39, 0.29) is 5.56 Å². The number of para-hydroxylation sites is 1. The van der Waals surface area contributed by atoms with Crippen LogP contribution in [0, 0.1) is 0 Å². The molecule has 2 N–H and O–H groups in total. The van der Waals surface area contributed by atoms with E-state index in [1.54, 1.807) is 12.1 Å². The lowest BCUT2D eigenvalue weighted by molar-refractivity contribution is 0.0697. The lowest BCUT2D eigenvalue weighted by Gasteiger charge is -2.26. The number of carboxylic acids is 1. The predicted octanol–water partition coefficient (Wildman–Crippen LogP) is 1.54. The van der Waals surface area contributed by atoms with Gasteiger partial charge in [-0.05, 0) is 12.1 Å². The zero-order chi connectivity index (χ0) is 13.2. The second-order valence-corrected chi connectivity index (χ2v) is 4.77. The van der Waals surface area contributed by atoms with Crippen LogP contribution in [-0.2, 0) is 6.54 Å². The van der Waals surface area contributed by atoms with Crippen LogP contribution in [0.25, 0.3) is 11.0 Å². The smallest absolute Gasteiger partial charge is 0.339 e. The van der Waals surface area contributed by atoms with Crippen LogP contribution < -0.4 is 5.32 Å². The third-order valence-corrected chi connectivity index (χ3v) is 3.41. The molecule has 0 aliphatic carbocycles. The Balaban J connectivity index is 1.88. The summed E-state index contributed by atoms with van der Waals surface area (Å²) in [5, 5.41) is 13.3. The molecule has 1 aromatic heterocycles. The third-order valence-electron chi connectivity index (χ3n) is 3.41. The molecule has 1 fully saturated rings. The molecule has 1 aliphatic rings. The minimum atomic E-state index is -0.950. The van der Waals surface area contributed by atoms with Crippen molar-refractivity contribution in [1.82, 2.24) is 10.2 Å². The number of hydrogen-bond acceptors (Lipinski definition) is 4. The standard InChI is InChI=1S/C14H16N2O3/c17-14(18)12-3-1-2-10-8-11(19-13(10)12)9-16-6-4-15-5-7-16/h1-3,8,15H,4-7,9H2,(H,17,18). The Morgan fingerprint density at radius 3 is 2.89 bits per heavy atom. The molecule has 5 nitrogen and oxygen atoms in total. The summed E-state index contributed by atoms with van der Waals surface area (Å²) in [4.78, 5) is 13.4. The van der Waals surface area contributed by atoms with Crippen molar-refractivity contribution in [2.45, 2.75) is 6.54 Å². The minimum Gasteiger partial charge on any atom is -0.478 e. The number of aromatic carboxylic acids is 1. The van der Waals surface area contributed by atoms with Gasteiger partial charge in [-0.15, -0.1) is 0 Å². The Morgan fingerprint density at radius 2 is 2.16 bits per heavy atom. The van der Waals surface area contributed by atoms with Crippen LogP contribution in [0.5, 0.6) is 0 Å². The van der Waals surface area contributed by atoms with Crippen LogP contribution in [0.15, 0.2) is 28.7 Å². The Hall–Kier alpha value is -1.85. The third kappa shape index (κ3) is 2.47. The second-order valence-electron chi connectivity index (χ2n) is 4.77. The summed E-state index contributed by atoms with van der Waals surface area (Å²) in [6.07, 6.45) is 0. The molecular weight excluding hydrogens is 244 g/mol. The van der Waals surface area contributed by atoms with Crippen LogP contribution in [0.1, 0.15) is 16.1 Å². The highest BCUT2D eigenvalue weighted by Crippen LogP contribution is 2.24. The minimum absolute atomic E-state index is 0.226. The summed E-state index contributed by atoms with van der Waals surface area (Å²) in [6.45, 7) is 4.68. The molecule has 0 amide bonds. The van der Waals surface area contributed by atoms with E-state index in [2.05, 4.69) is 10.2 Å².